The van der Waals surface area contributed by atoms with Crippen molar-refractivity contribution >= 4 is 17.6 Å². The number of carbonyl (C=O) groups is 2. The standard InChI is InChI=1S/C28H29F3N4O3/c1-4-34-24-9-8-18(13-23(24)27(3)10-11-38-16-35(27)26(34)37)22-14-21(15-32-17(22)2)33-25(36)19-6-5-7-20(12-19)28(29,30)31/h5-9,12,14-15,18H,4,10-11,13,16H2,1-3H3,(H,33,36). The Morgan fingerprint density at radius 3 is 2.82 bits per heavy atom. The SMILES string of the molecule is CCN1C(=O)N2COCCC2(C)C2=C1C=CC(c1cc(NC(=O)c3cccc(C(F)(F)F)c3)cnc1C)C2. The van der Waals surface area contributed by atoms with Crippen molar-refractivity contribution in [2.75, 3.05) is 25.2 Å². The van der Waals surface area contributed by atoms with Gasteiger partial charge in [-0.3, -0.25) is 19.6 Å². The van der Waals surface area contributed by atoms with E-state index in [9.17, 15) is 22.8 Å². The molecule has 3 amide bonds. The van der Waals surface area contributed by atoms with Crippen LogP contribution < -0.4 is 5.32 Å². The van der Waals surface area contributed by atoms with Gasteiger partial charge in [-0.15, -0.1) is 0 Å². The largest absolute Gasteiger partial charge is 0.416 e. The molecule has 38 heavy (non-hydrogen) atoms. The Balaban J connectivity index is 1.42. The number of ether oxygens (including phenoxy) is 1. The van der Waals surface area contributed by atoms with Gasteiger partial charge in [-0.05, 0) is 75.1 Å². The monoisotopic (exact) mass is 526 g/mol. The molecule has 3 aliphatic rings. The molecule has 1 fully saturated rings. The van der Waals surface area contributed by atoms with Crippen LogP contribution in [0.25, 0.3) is 0 Å². The van der Waals surface area contributed by atoms with Gasteiger partial charge in [0.25, 0.3) is 5.91 Å². The van der Waals surface area contributed by atoms with E-state index >= 15 is 0 Å². The molecule has 0 radical (unpaired) electrons. The molecular weight excluding hydrogens is 497 g/mol. The van der Waals surface area contributed by atoms with Crippen molar-refractivity contribution in [3.05, 3.63) is 82.3 Å². The number of halogens is 3. The molecule has 0 saturated carbocycles. The number of nitrogens with zero attached hydrogens (tertiary/aromatic N) is 3. The van der Waals surface area contributed by atoms with Gasteiger partial charge in [-0.1, -0.05) is 12.1 Å². The molecule has 1 aromatic heterocycles. The zero-order valence-corrected chi connectivity index (χ0v) is 21.4. The molecule has 10 heteroatoms. The van der Waals surface area contributed by atoms with Crippen molar-refractivity contribution in [3.8, 4) is 0 Å². The number of anilines is 1. The number of hydrogen-bond donors (Lipinski definition) is 1. The quantitative estimate of drug-likeness (QED) is 0.542. The van der Waals surface area contributed by atoms with E-state index in [1.165, 1.54) is 18.3 Å². The van der Waals surface area contributed by atoms with Crippen LogP contribution in [0.4, 0.5) is 23.7 Å². The molecule has 1 aliphatic carbocycles. The second-order valence-electron chi connectivity index (χ2n) is 9.98. The van der Waals surface area contributed by atoms with Crippen LogP contribution in [-0.2, 0) is 10.9 Å². The molecule has 2 aromatic rings. The van der Waals surface area contributed by atoms with Crippen LogP contribution in [0.15, 0.2) is 60.0 Å². The zero-order valence-electron chi connectivity index (χ0n) is 21.4. The Morgan fingerprint density at radius 1 is 1.29 bits per heavy atom. The third kappa shape index (κ3) is 4.47. The summed E-state index contributed by atoms with van der Waals surface area (Å²) in [6, 6.07) is 6.08. The van der Waals surface area contributed by atoms with Crippen molar-refractivity contribution in [2.45, 2.75) is 51.2 Å². The zero-order chi connectivity index (χ0) is 27.2. The lowest BCUT2D eigenvalue weighted by Crippen LogP contribution is -2.63. The molecule has 2 atom stereocenters. The van der Waals surface area contributed by atoms with E-state index in [0.29, 0.717) is 31.7 Å². The van der Waals surface area contributed by atoms with Crippen LogP contribution in [0, 0.1) is 6.92 Å². The Kier molecular flexibility index (Phi) is 6.54. The number of pyridine rings is 1. The van der Waals surface area contributed by atoms with Gasteiger partial charge in [0, 0.05) is 29.4 Å². The molecule has 2 unspecified atom stereocenters. The highest BCUT2D eigenvalue weighted by molar-refractivity contribution is 6.04. The summed E-state index contributed by atoms with van der Waals surface area (Å²) in [5, 5.41) is 2.69. The summed E-state index contributed by atoms with van der Waals surface area (Å²) in [6.07, 6.45) is 2.37. The van der Waals surface area contributed by atoms with Gasteiger partial charge < -0.3 is 10.1 Å². The lowest BCUT2D eigenvalue weighted by Gasteiger charge is -2.53. The second kappa shape index (κ2) is 9.58. The van der Waals surface area contributed by atoms with E-state index in [4.69, 9.17) is 4.74 Å². The van der Waals surface area contributed by atoms with Crippen LogP contribution >= 0.6 is 0 Å². The van der Waals surface area contributed by atoms with Crippen molar-refractivity contribution in [3.63, 3.8) is 0 Å². The lowest BCUT2D eigenvalue weighted by molar-refractivity contribution is -0.137. The van der Waals surface area contributed by atoms with Crippen LogP contribution in [0.5, 0.6) is 0 Å². The topological polar surface area (TPSA) is 74.8 Å². The Labute approximate surface area is 219 Å². The van der Waals surface area contributed by atoms with Crippen LogP contribution in [-0.4, -0.2) is 52.1 Å². The first-order valence-electron chi connectivity index (χ1n) is 12.6. The molecule has 5 rings (SSSR count). The van der Waals surface area contributed by atoms with E-state index in [1.807, 2.05) is 26.0 Å². The number of allylic oxidation sites excluding steroid dienone is 2. The maximum Gasteiger partial charge on any atom is 0.416 e. The minimum atomic E-state index is -4.54. The molecule has 1 aromatic carbocycles. The maximum absolute atomic E-state index is 13.2. The number of alkyl halides is 3. The van der Waals surface area contributed by atoms with Gasteiger partial charge in [0.05, 0.1) is 29.6 Å². The van der Waals surface area contributed by atoms with Gasteiger partial charge in [-0.2, -0.15) is 13.2 Å². The minimum Gasteiger partial charge on any atom is -0.361 e. The molecule has 1 N–H and O–H groups in total. The predicted octanol–water partition coefficient (Wildman–Crippen LogP) is 5.85. The molecule has 1 saturated heterocycles. The second-order valence-corrected chi connectivity index (χ2v) is 9.98. The van der Waals surface area contributed by atoms with E-state index in [2.05, 4.69) is 23.3 Å². The van der Waals surface area contributed by atoms with Crippen LogP contribution in [0.2, 0.25) is 0 Å². The summed E-state index contributed by atoms with van der Waals surface area (Å²) in [4.78, 5) is 34.0. The normalized spacial score (nSPS) is 23.3. The Bertz CT molecular complexity index is 1350. The van der Waals surface area contributed by atoms with E-state index in [1.54, 1.807) is 9.80 Å². The fraction of sp³-hybridized carbons (Fsp3) is 0.393. The van der Waals surface area contributed by atoms with E-state index < -0.39 is 23.2 Å². The van der Waals surface area contributed by atoms with E-state index in [-0.39, 0.29) is 24.2 Å². The number of likely N-dealkylation sites (N-methyl/N-ethyl adjacent to an activating group) is 1. The Hall–Kier alpha value is -3.66. The van der Waals surface area contributed by atoms with Gasteiger partial charge in [0.2, 0.25) is 0 Å². The smallest absolute Gasteiger partial charge is 0.361 e. The van der Waals surface area contributed by atoms with Gasteiger partial charge in [-0.25, -0.2) is 4.79 Å². The van der Waals surface area contributed by atoms with Crippen LogP contribution in [0.1, 0.15) is 59.8 Å². The number of amides is 3. The first-order chi connectivity index (χ1) is 18.0. The van der Waals surface area contributed by atoms with Gasteiger partial charge in [0.15, 0.2) is 0 Å². The number of aromatic nitrogens is 1. The summed E-state index contributed by atoms with van der Waals surface area (Å²) in [5.41, 5.74) is 2.73. The summed E-state index contributed by atoms with van der Waals surface area (Å²) in [5.74, 6) is -0.702. The number of aryl methyl sites for hydroxylation is 1. The summed E-state index contributed by atoms with van der Waals surface area (Å²) >= 11 is 0. The maximum atomic E-state index is 13.2. The third-order valence-electron chi connectivity index (χ3n) is 7.72. The highest BCUT2D eigenvalue weighted by Crippen LogP contribution is 2.46. The van der Waals surface area contributed by atoms with E-state index in [0.717, 1.165) is 34.7 Å². The number of urea groups is 1. The molecule has 3 heterocycles. The third-order valence-corrected chi connectivity index (χ3v) is 7.72. The van der Waals surface area contributed by atoms with Gasteiger partial charge in [0.1, 0.15) is 6.73 Å². The number of nitrogens with one attached hydrogen (secondary N) is 1. The number of rotatable bonds is 4. The molecule has 0 spiro atoms. The molecule has 2 aliphatic heterocycles. The van der Waals surface area contributed by atoms with Crippen molar-refractivity contribution in [1.82, 2.24) is 14.8 Å². The number of carbonyl (C=O) groups excluding carboxylic acids is 2. The molecular formula is C28H29F3N4O3. The lowest BCUT2D eigenvalue weighted by atomic mass is 9.74. The molecule has 0 bridgehead atoms. The average Bonchev–Trinajstić information content (AvgIpc) is 2.89. The predicted molar refractivity (Wildman–Crippen MR) is 135 cm³/mol. The number of hydrogen-bond acceptors (Lipinski definition) is 4. The van der Waals surface area contributed by atoms with Crippen molar-refractivity contribution < 1.29 is 27.5 Å². The number of fused-ring (bicyclic) bond motifs is 2. The fourth-order valence-electron chi connectivity index (χ4n) is 5.54. The molecule has 7 nitrogen and oxygen atoms in total. The summed E-state index contributed by atoms with van der Waals surface area (Å²) in [6.45, 7) is 7.26. The highest BCUT2D eigenvalue weighted by atomic mass is 19.4. The average molecular weight is 527 g/mol. The van der Waals surface area contributed by atoms with Gasteiger partial charge >= 0.3 is 12.2 Å². The summed E-state index contributed by atoms with van der Waals surface area (Å²) < 4.78 is 44.9. The van der Waals surface area contributed by atoms with Crippen molar-refractivity contribution in [1.29, 1.82) is 0 Å². The Morgan fingerprint density at radius 2 is 2.08 bits per heavy atom. The minimum absolute atomic E-state index is 0.0555. The molecule has 200 valence electrons. The van der Waals surface area contributed by atoms with Crippen molar-refractivity contribution in [2.24, 2.45) is 0 Å². The fourth-order valence-corrected chi connectivity index (χ4v) is 5.54. The summed E-state index contributed by atoms with van der Waals surface area (Å²) in [7, 11) is 0. The number of benzene rings is 1. The van der Waals surface area contributed by atoms with Crippen LogP contribution in [0.3, 0.4) is 0 Å². The first kappa shape index (κ1) is 26.0. The first-order valence-corrected chi connectivity index (χ1v) is 12.6. The highest BCUT2D eigenvalue weighted by Gasteiger charge is 2.49.